The number of piperazine rings is 1. The second kappa shape index (κ2) is 6.55. The molecule has 112 valence electrons. The van der Waals surface area contributed by atoms with Gasteiger partial charge in [-0.3, -0.25) is 9.80 Å². The third kappa shape index (κ3) is 3.71. The van der Waals surface area contributed by atoms with Gasteiger partial charge in [-0.1, -0.05) is 13.3 Å². The molecule has 1 aliphatic carbocycles. The van der Waals surface area contributed by atoms with Crippen LogP contribution in [0, 0.1) is 11.8 Å². The molecule has 0 amide bonds. The molecule has 0 radical (unpaired) electrons. The summed E-state index contributed by atoms with van der Waals surface area (Å²) >= 11 is 0. The van der Waals surface area contributed by atoms with E-state index in [1.165, 1.54) is 45.3 Å². The lowest BCUT2D eigenvalue weighted by Gasteiger charge is -2.45. The monoisotopic (exact) mass is 267 g/mol. The number of hydrogen-bond acceptors (Lipinski definition) is 3. The van der Waals surface area contributed by atoms with Crippen LogP contribution in [0.3, 0.4) is 0 Å². The van der Waals surface area contributed by atoms with Crippen molar-refractivity contribution in [2.45, 2.75) is 64.6 Å². The van der Waals surface area contributed by atoms with Crippen molar-refractivity contribution in [3.8, 4) is 0 Å². The average Bonchev–Trinajstić information content (AvgIpc) is 2.38. The Kier molecular flexibility index (Phi) is 5.27. The van der Waals surface area contributed by atoms with E-state index in [1.807, 2.05) is 0 Å². The molecule has 0 aromatic heterocycles. The first kappa shape index (κ1) is 15.3. The Hall–Kier alpha value is -0.120. The third-order valence-electron chi connectivity index (χ3n) is 5.66. The van der Waals surface area contributed by atoms with Crippen molar-refractivity contribution < 1.29 is 0 Å². The standard InChI is InChI=1S/C16H33N3/c1-5-14-6-7-16(17)15(8-14)11-19-9-12(2)18(4)13(3)10-19/h12-16H,5-11,17H2,1-4H3. The number of rotatable bonds is 3. The van der Waals surface area contributed by atoms with Crippen LogP contribution in [0.25, 0.3) is 0 Å². The Morgan fingerprint density at radius 2 is 1.74 bits per heavy atom. The van der Waals surface area contributed by atoms with Gasteiger partial charge in [0.15, 0.2) is 0 Å². The first-order valence-corrected chi connectivity index (χ1v) is 8.21. The molecule has 1 saturated heterocycles. The normalized spacial score (nSPS) is 42.5. The molecule has 3 heteroatoms. The predicted octanol–water partition coefficient (Wildman–Crippen LogP) is 2.16. The Balaban J connectivity index is 1.89. The molecule has 0 aromatic carbocycles. The first-order valence-electron chi connectivity index (χ1n) is 8.21. The molecule has 1 aliphatic heterocycles. The van der Waals surface area contributed by atoms with Crippen molar-refractivity contribution in [3.63, 3.8) is 0 Å². The van der Waals surface area contributed by atoms with Crippen molar-refractivity contribution in [2.24, 2.45) is 17.6 Å². The number of likely N-dealkylation sites (N-methyl/N-ethyl adjacent to an activating group) is 1. The van der Waals surface area contributed by atoms with E-state index >= 15 is 0 Å². The lowest BCUT2D eigenvalue weighted by molar-refractivity contribution is 0.0401. The summed E-state index contributed by atoms with van der Waals surface area (Å²) in [7, 11) is 2.26. The molecule has 0 spiro atoms. The molecule has 1 heterocycles. The highest BCUT2D eigenvalue weighted by molar-refractivity contribution is 4.88. The molecule has 5 atom stereocenters. The Labute approximate surface area is 119 Å². The van der Waals surface area contributed by atoms with Crippen molar-refractivity contribution in [2.75, 3.05) is 26.7 Å². The first-order chi connectivity index (χ1) is 9.01. The number of nitrogens with two attached hydrogens (primary N) is 1. The van der Waals surface area contributed by atoms with Gasteiger partial charge in [0.05, 0.1) is 0 Å². The third-order valence-corrected chi connectivity index (χ3v) is 5.66. The minimum Gasteiger partial charge on any atom is -0.327 e. The summed E-state index contributed by atoms with van der Waals surface area (Å²) in [6.07, 6.45) is 5.28. The van der Waals surface area contributed by atoms with Crippen LogP contribution in [0.15, 0.2) is 0 Å². The molecule has 5 unspecified atom stereocenters. The molecule has 3 nitrogen and oxygen atoms in total. The Morgan fingerprint density at radius 3 is 2.32 bits per heavy atom. The fourth-order valence-electron chi connectivity index (χ4n) is 3.96. The lowest BCUT2D eigenvalue weighted by atomic mass is 9.77. The minimum atomic E-state index is 0.438. The summed E-state index contributed by atoms with van der Waals surface area (Å²) < 4.78 is 0. The van der Waals surface area contributed by atoms with E-state index in [0.717, 1.165) is 11.8 Å². The van der Waals surface area contributed by atoms with E-state index < -0.39 is 0 Å². The van der Waals surface area contributed by atoms with Gasteiger partial charge in [0.2, 0.25) is 0 Å². The SMILES string of the molecule is CCC1CCC(N)C(CN2CC(C)N(C)C(C)C2)C1. The van der Waals surface area contributed by atoms with E-state index in [2.05, 4.69) is 37.6 Å². The van der Waals surface area contributed by atoms with Crippen LogP contribution in [-0.2, 0) is 0 Å². The molecule has 2 N–H and O–H groups in total. The smallest absolute Gasteiger partial charge is 0.0195 e. The van der Waals surface area contributed by atoms with Crippen molar-refractivity contribution in [3.05, 3.63) is 0 Å². The van der Waals surface area contributed by atoms with Crippen LogP contribution in [0.4, 0.5) is 0 Å². The van der Waals surface area contributed by atoms with Crippen LogP contribution in [0.2, 0.25) is 0 Å². The van der Waals surface area contributed by atoms with Gasteiger partial charge < -0.3 is 5.73 Å². The van der Waals surface area contributed by atoms with Gasteiger partial charge in [0, 0.05) is 37.8 Å². The molecule has 0 aromatic rings. The summed E-state index contributed by atoms with van der Waals surface area (Å²) in [6.45, 7) is 10.7. The quantitative estimate of drug-likeness (QED) is 0.850. The van der Waals surface area contributed by atoms with Crippen LogP contribution in [0.5, 0.6) is 0 Å². The fraction of sp³-hybridized carbons (Fsp3) is 1.00. The van der Waals surface area contributed by atoms with E-state index in [-0.39, 0.29) is 0 Å². The maximum atomic E-state index is 6.37. The zero-order valence-corrected chi connectivity index (χ0v) is 13.3. The van der Waals surface area contributed by atoms with Crippen LogP contribution >= 0.6 is 0 Å². The Bertz CT molecular complexity index is 269. The van der Waals surface area contributed by atoms with Gasteiger partial charge in [-0.2, -0.15) is 0 Å². The van der Waals surface area contributed by atoms with Crippen molar-refractivity contribution in [1.82, 2.24) is 9.80 Å². The predicted molar refractivity (Wildman–Crippen MR) is 82.2 cm³/mol. The largest absolute Gasteiger partial charge is 0.327 e. The summed E-state index contributed by atoms with van der Waals surface area (Å²) in [4.78, 5) is 5.17. The highest BCUT2D eigenvalue weighted by Gasteiger charge is 2.32. The van der Waals surface area contributed by atoms with Gasteiger partial charge in [-0.25, -0.2) is 0 Å². The molecule has 0 bridgehead atoms. The van der Waals surface area contributed by atoms with Gasteiger partial charge >= 0.3 is 0 Å². The molecular weight excluding hydrogens is 234 g/mol. The van der Waals surface area contributed by atoms with Crippen LogP contribution < -0.4 is 5.73 Å². The molecule has 19 heavy (non-hydrogen) atoms. The maximum Gasteiger partial charge on any atom is 0.0195 e. The zero-order chi connectivity index (χ0) is 14.0. The van der Waals surface area contributed by atoms with Gasteiger partial charge in [0.25, 0.3) is 0 Å². The topological polar surface area (TPSA) is 32.5 Å². The highest BCUT2D eigenvalue weighted by Crippen LogP contribution is 2.31. The van der Waals surface area contributed by atoms with Gasteiger partial charge in [-0.15, -0.1) is 0 Å². The second-order valence-corrected chi connectivity index (χ2v) is 7.09. The fourth-order valence-corrected chi connectivity index (χ4v) is 3.96. The molecular formula is C16H33N3. The number of hydrogen-bond donors (Lipinski definition) is 1. The molecule has 2 aliphatic rings. The highest BCUT2D eigenvalue weighted by atomic mass is 15.3. The average molecular weight is 267 g/mol. The van der Waals surface area contributed by atoms with E-state index in [1.54, 1.807) is 0 Å². The summed E-state index contributed by atoms with van der Waals surface area (Å²) in [5.74, 6) is 1.65. The molecule has 2 fully saturated rings. The maximum absolute atomic E-state index is 6.37. The molecule has 2 rings (SSSR count). The van der Waals surface area contributed by atoms with E-state index in [9.17, 15) is 0 Å². The van der Waals surface area contributed by atoms with Gasteiger partial charge in [0.1, 0.15) is 0 Å². The molecule has 1 saturated carbocycles. The summed E-state index contributed by atoms with van der Waals surface area (Å²) in [6, 6.07) is 1.78. The zero-order valence-electron chi connectivity index (χ0n) is 13.3. The van der Waals surface area contributed by atoms with Crippen molar-refractivity contribution >= 4 is 0 Å². The van der Waals surface area contributed by atoms with Gasteiger partial charge in [-0.05, 0) is 52.0 Å². The lowest BCUT2D eigenvalue weighted by Crippen LogP contribution is -2.56. The van der Waals surface area contributed by atoms with Crippen LogP contribution in [-0.4, -0.2) is 54.6 Å². The Morgan fingerprint density at radius 1 is 1.11 bits per heavy atom. The minimum absolute atomic E-state index is 0.438. The summed E-state index contributed by atoms with van der Waals surface area (Å²) in [5.41, 5.74) is 6.37. The summed E-state index contributed by atoms with van der Waals surface area (Å²) in [5, 5.41) is 0. The second-order valence-electron chi connectivity index (χ2n) is 7.09. The number of nitrogens with zero attached hydrogens (tertiary/aromatic N) is 2. The van der Waals surface area contributed by atoms with Crippen molar-refractivity contribution in [1.29, 1.82) is 0 Å². The van der Waals surface area contributed by atoms with Crippen LogP contribution in [0.1, 0.15) is 46.5 Å². The van der Waals surface area contributed by atoms with E-state index in [4.69, 9.17) is 5.73 Å². The van der Waals surface area contributed by atoms with E-state index in [0.29, 0.717) is 18.1 Å².